The molecule has 3 aliphatic rings. The van der Waals surface area contributed by atoms with Crippen LogP contribution in [0.4, 0.5) is 0 Å². The van der Waals surface area contributed by atoms with Gasteiger partial charge in [0.05, 0.1) is 4.90 Å². The van der Waals surface area contributed by atoms with Crippen LogP contribution in [-0.2, 0) is 32.5 Å². The molecule has 0 atom stereocenters. The van der Waals surface area contributed by atoms with E-state index in [-0.39, 0.29) is 32.2 Å². The van der Waals surface area contributed by atoms with E-state index >= 15 is 0 Å². The Hall–Kier alpha value is -1.93. The number of hydrogen-bond donors (Lipinski definition) is 1. The molecule has 2 aliphatic carbocycles. The second-order valence-electron chi connectivity index (χ2n) is 7.58. The summed E-state index contributed by atoms with van der Waals surface area (Å²) >= 11 is 0. The molecule has 0 aromatic heterocycles. The Morgan fingerprint density at radius 3 is 2.30 bits per heavy atom. The SMILES string of the molecule is O=C(NC1CC1)C(=O)N1CCN(S(=O)(=O)c2ccc3c(c2)CCCC3)CC1. The predicted molar refractivity (Wildman–Crippen MR) is 99.6 cm³/mol. The maximum absolute atomic E-state index is 13.0. The summed E-state index contributed by atoms with van der Waals surface area (Å²) < 4.78 is 27.4. The molecule has 0 bridgehead atoms. The summed E-state index contributed by atoms with van der Waals surface area (Å²) in [5, 5.41) is 2.69. The van der Waals surface area contributed by atoms with Crippen molar-refractivity contribution >= 4 is 21.8 Å². The zero-order valence-corrected chi connectivity index (χ0v) is 16.1. The van der Waals surface area contributed by atoms with Crippen molar-refractivity contribution in [1.29, 1.82) is 0 Å². The Bertz CT molecular complexity index is 856. The number of sulfonamides is 1. The molecule has 0 unspecified atom stereocenters. The van der Waals surface area contributed by atoms with E-state index in [4.69, 9.17) is 0 Å². The van der Waals surface area contributed by atoms with Gasteiger partial charge in [-0.2, -0.15) is 4.31 Å². The number of aryl methyl sites for hydroxylation is 2. The molecule has 4 rings (SSSR count). The van der Waals surface area contributed by atoms with E-state index in [9.17, 15) is 18.0 Å². The zero-order chi connectivity index (χ0) is 19.0. The van der Waals surface area contributed by atoms with E-state index in [0.29, 0.717) is 4.90 Å². The first kappa shape index (κ1) is 18.4. The number of fused-ring (bicyclic) bond motifs is 1. The average Bonchev–Trinajstić information content (AvgIpc) is 3.51. The van der Waals surface area contributed by atoms with Crippen LogP contribution in [0.2, 0.25) is 0 Å². The molecule has 7 nitrogen and oxygen atoms in total. The van der Waals surface area contributed by atoms with Crippen LogP contribution in [0.1, 0.15) is 36.8 Å². The number of piperazine rings is 1. The van der Waals surface area contributed by atoms with Crippen LogP contribution in [0.25, 0.3) is 0 Å². The van der Waals surface area contributed by atoms with E-state index in [2.05, 4.69) is 5.32 Å². The van der Waals surface area contributed by atoms with Gasteiger partial charge in [-0.05, 0) is 61.8 Å². The number of benzene rings is 1. The third-order valence-electron chi connectivity index (χ3n) is 5.59. The third-order valence-corrected chi connectivity index (χ3v) is 7.49. The minimum absolute atomic E-state index is 0.132. The quantitative estimate of drug-likeness (QED) is 0.768. The van der Waals surface area contributed by atoms with Crippen LogP contribution in [0.15, 0.2) is 23.1 Å². The highest BCUT2D eigenvalue weighted by Gasteiger charge is 2.34. The topological polar surface area (TPSA) is 86.8 Å². The number of carbonyl (C=O) groups is 2. The van der Waals surface area contributed by atoms with E-state index in [1.165, 1.54) is 14.8 Å². The maximum atomic E-state index is 13.0. The number of nitrogens with one attached hydrogen (secondary N) is 1. The first-order valence-corrected chi connectivity index (χ1v) is 11.1. The highest BCUT2D eigenvalue weighted by molar-refractivity contribution is 7.89. The van der Waals surface area contributed by atoms with Gasteiger partial charge in [0.1, 0.15) is 0 Å². The van der Waals surface area contributed by atoms with Gasteiger partial charge in [0.25, 0.3) is 0 Å². The molecule has 1 aromatic carbocycles. The lowest BCUT2D eigenvalue weighted by atomic mass is 9.92. The Morgan fingerprint density at radius 1 is 0.963 bits per heavy atom. The van der Waals surface area contributed by atoms with E-state index < -0.39 is 21.8 Å². The van der Waals surface area contributed by atoms with Gasteiger partial charge in [0.2, 0.25) is 10.0 Å². The minimum Gasteiger partial charge on any atom is -0.345 e. The van der Waals surface area contributed by atoms with Crippen molar-refractivity contribution in [2.75, 3.05) is 26.2 Å². The van der Waals surface area contributed by atoms with E-state index in [1.807, 2.05) is 12.1 Å². The fourth-order valence-electron chi connectivity index (χ4n) is 3.77. The summed E-state index contributed by atoms with van der Waals surface area (Å²) in [5.74, 6) is -1.14. The predicted octanol–water partition coefficient (Wildman–Crippen LogP) is 0.677. The molecule has 0 radical (unpaired) electrons. The molecule has 1 saturated heterocycles. The fraction of sp³-hybridized carbons (Fsp3) is 0.579. The summed E-state index contributed by atoms with van der Waals surface area (Å²) in [6.45, 7) is 0.895. The van der Waals surface area contributed by atoms with Crippen molar-refractivity contribution in [3.8, 4) is 0 Å². The fourth-order valence-corrected chi connectivity index (χ4v) is 5.24. The zero-order valence-electron chi connectivity index (χ0n) is 15.3. The Labute approximate surface area is 159 Å². The molecule has 8 heteroatoms. The van der Waals surface area contributed by atoms with Crippen LogP contribution in [0, 0.1) is 0 Å². The van der Waals surface area contributed by atoms with Gasteiger partial charge in [0.15, 0.2) is 0 Å². The summed E-state index contributed by atoms with van der Waals surface area (Å²) in [7, 11) is -3.58. The molecule has 1 saturated carbocycles. The lowest BCUT2D eigenvalue weighted by Gasteiger charge is -2.33. The number of rotatable bonds is 3. The van der Waals surface area contributed by atoms with Gasteiger partial charge in [-0.3, -0.25) is 9.59 Å². The molecule has 146 valence electrons. The average molecular weight is 391 g/mol. The van der Waals surface area contributed by atoms with Crippen molar-refractivity contribution < 1.29 is 18.0 Å². The van der Waals surface area contributed by atoms with Crippen LogP contribution >= 0.6 is 0 Å². The van der Waals surface area contributed by atoms with Gasteiger partial charge >= 0.3 is 11.8 Å². The molecule has 1 aromatic rings. The smallest absolute Gasteiger partial charge is 0.311 e. The molecular formula is C19H25N3O4S. The number of carbonyl (C=O) groups excluding carboxylic acids is 2. The molecule has 27 heavy (non-hydrogen) atoms. The second kappa shape index (κ2) is 7.24. The van der Waals surface area contributed by atoms with Gasteiger partial charge < -0.3 is 10.2 Å². The van der Waals surface area contributed by atoms with Crippen LogP contribution in [0.5, 0.6) is 0 Å². The van der Waals surface area contributed by atoms with Crippen LogP contribution < -0.4 is 5.32 Å². The van der Waals surface area contributed by atoms with Crippen molar-refractivity contribution in [3.05, 3.63) is 29.3 Å². The summed E-state index contributed by atoms with van der Waals surface area (Å²) in [4.78, 5) is 25.9. The number of nitrogens with zero attached hydrogens (tertiary/aromatic N) is 2. The van der Waals surface area contributed by atoms with E-state index in [1.54, 1.807) is 6.07 Å². The van der Waals surface area contributed by atoms with Gasteiger partial charge in [0, 0.05) is 32.2 Å². The molecule has 1 aliphatic heterocycles. The molecule has 1 N–H and O–H groups in total. The lowest BCUT2D eigenvalue weighted by molar-refractivity contribution is -0.146. The Morgan fingerprint density at radius 2 is 1.63 bits per heavy atom. The second-order valence-corrected chi connectivity index (χ2v) is 9.52. The minimum atomic E-state index is -3.58. The van der Waals surface area contributed by atoms with Crippen molar-refractivity contribution in [1.82, 2.24) is 14.5 Å². The molecule has 0 spiro atoms. The molecule has 2 amide bonds. The van der Waals surface area contributed by atoms with E-state index in [0.717, 1.165) is 44.1 Å². The largest absolute Gasteiger partial charge is 0.345 e. The number of amides is 2. The van der Waals surface area contributed by atoms with Crippen LogP contribution in [0.3, 0.4) is 0 Å². The highest BCUT2D eigenvalue weighted by atomic mass is 32.2. The van der Waals surface area contributed by atoms with Crippen molar-refractivity contribution in [2.45, 2.75) is 49.5 Å². The number of hydrogen-bond acceptors (Lipinski definition) is 4. The highest BCUT2D eigenvalue weighted by Crippen LogP contribution is 2.26. The normalized spacial score (nSPS) is 20.8. The van der Waals surface area contributed by atoms with Crippen molar-refractivity contribution in [3.63, 3.8) is 0 Å². The van der Waals surface area contributed by atoms with Gasteiger partial charge in [-0.25, -0.2) is 8.42 Å². The van der Waals surface area contributed by atoms with Gasteiger partial charge in [-0.15, -0.1) is 0 Å². The monoisotopic (exact) mass is 391 g/mol. The first-order chi connectivity index (χ1) is 12.9. The first-order valence-electron chi connectivity index (χ1n) is 9.67. The van der Waals surface area contributed by atoms with Gasteiger partial charge in [-0.1, -0.05) is 6.07 Å². The summed E-state index contributed by atoms with van der Waals surface area (Å²) in [6.07, 6.45) is 6.04. The summed E-state index contributed by atoms with van der Waals surface area (Å²) in [6, 6.07) is 5.57. The van der Waals surface area contributed by atoms with Crippen LogP contribution in [-0.4, -0.2) is 61.7 Å². The summed E-state index contributed by atoms with van der Waals surface area (Å²) in [5.41, 5.74) is 2.38. The molecule has 2 fully saturated rings. The standard InChI is InChI=1S/C19H25N3O4S/c23-18(20-16-6-7-16)19(24)21-9-11-22(12-10-21)27(25,26)17-8-5-14-3-1-2-4-15(14)13-17/h5,8,13,16H,1-4,6-7,9-12H2,(H,20,23). The maximum Gasteiger partial charge on any atom is 0.311 e. The third kappa shape index (κ3) is 3.87. The Kier molecular flexibility index (Phi) is 4.94. The molecule has 1 heterocycles. The Balaban J connectivity index is 1.41. The lowest BCUT2D eigenvalue weighted by Crippen LogP contribution is -2.53. The van der Waals surface area contributed by atoms with Crippen molar-refractivity contribution in [2.24, 2.45) is 0 Å². The molecular weight excluding hydrogens is 366 g/mol.